The first-order valence-corrected chi connectivity index (χ1v) is 12.8. The number of hydrogen-bond donors (Lipinski definition) is 4. The molecule has 8 nitrogen and oxygen atoms in total. The van der Waals surface area contributed by atoms with E-state index in [1.807, 2.05) is 38.1 Å². The number of ether oxygens (including phenoxy) is 2. The number of hydrogen-bond acceptors (Lipinski definition) is 6. The molecule has 1 aromatic rings. The van der Waals surface area contributed by atoms with Crippen LogP contribution in [0.15, 0.2) is 24.3 Å². The van der Waals surface area contributed by atoms with Crippen molar-refractivity contribution in [1.82, 2.24) is 10.6 Å². The normalized spacial score (nSPS) is 32.3. The molecular formula is C27H42N2O6. The van der Waals surface area contributed by atoms with Crippen LogP contribution in [-0.4, -0.2) is 54.7 Å². The fraction of sp³-hybridized carbons (Fsp3) is 0.704. The fourth-order valence-corrected chi connectivity index (χ4v) is 6.49. The van der Waals surface area contributed by atoms with Crippen molar-refractivity contribution in [2.75, 3.05) is 20.3 Å². The molecule has 2 saturated carbocycles. The third kappa shape index (κ3) is 5.75. The highest BCUT2D eigenvalue weighted by molar-refractivity contribution is 5.76. The summed E-state index contributed by atoms with van der Waals surface area (Å²) in [6, 6.07) is 7.56. The number of para-hydroxylation sites is 1. The van der Waals surface area contributed by atoms with Crippen molar-refractivity contribution in [3.05, 3.63) is 29.8 Å². The highest BCUT2D eigenvalue weighted by Crippen LogP contribution is 2.61. The molecule has 0 bridgehead atoms. The van der Waals surface area contributed by atoms with Crippen LogP contribution in [0.25, 0.3) is 0 Å². The maximum atomic E-state index is 13.0. The zero-order chi connectivity index (χ0) is 25.6. The van der Waals surface area contributed by atoms with E-state index in [1.165, 1.54) is 0 Å². The first kappa shape index (κ1) is 27.3. The monoisotopic (exact) mass is 490 g/mol. The number of rotatable bonds is 9. The number of alkyl carbamates (subject to hydrolysis) is 1. The topological polar surface area (TPSA) is 117 Å². The second kappa shape index (κ2) is 11.6. The van der Waals surface area contributed by atoms with Gasteiger partial charge in [0.25, 0.3) is 0 Å². The number of carbonyl (C=O) groups excluding carboxylic acids is 2. The molecule has 0 heterocycles. The Hall–Kier alpha value is -2.32. The molecule has 0 saturated heterocycles. The molecule has 6 atom stereocenters. The van der Waals surface area contributed by atoms with Gasteiger partial charge in [0.05, 0.1) is 19.8 Å². The van der Waals surface area contributed by atoms with E-state index in [0.29, 0.717) is 38.8 Å². The molecule has 0 unspecified atom stereocenters. The summed E-state index contributed by atoms with van der Waals surface area (Å²) in [5.41, 5.74) is -0.122. The van der Waals surface area contributed by atoms with Gasteiger partial charge in [-0.3, -0.25) is 4.79 Å². The number of amides is 2. The number of fused-ring (bicyclic) bond motifs is 1. The van der Waals surface area contributed by atoms with Crippen molar-refractivity contribution in [2.24, 2.45) is 22.7 Å². The van der Waals surface area contributed by atoms with Crippen LogP contribution < -0.4 is 15.4 Å². The Morgan fingerprint density at radius 1 is 1.14 bits per heavy atom. The molecule has 0 aromatic heterocycles. The van der Waals surface area contributed by atoms with E-state index in [0.717, 1.165) is 17.7 Å². The smallest absolute Gasteiger partial charge is 0.407 e. The van der Waals surface area contributed by atoms with Crippen LogP contribution in [0.5, 0.6) is 5.75 Å². The zero-order valence-corrected chi connectivity index (χ0v) is 21.5. The number of aliphatic hydroxyl groups is 2. The highest BCUT2D eigenvalue weighted by Gasteiger charge is 2.60. The Kier molecular flexibility index (Phi) is 9.05. The van der Waals surface area contributed by atoms with Gasteiger partial charge in [-0.05, 0) is 55.4 Å². The molecule has 2 amide bonds. The molecule has 196 valence electrons. The lowest BCUT2D eigenvalue weighted by Gasteiger charge is -2.60. The van der Waals surface area contributed by atoms with Crippen LogP contribution >= 0.6 is 0 Å². The molecule has 0 radical (unpaired) electrons. The zero-order valence-electron chi connectivity index (χ0n) is 21.5. The molecule has 35 heavy (non-hydrogen) atoms. The molecule has 0 aliphatic heterocycles. The molecule has 2 fully saturated rings. The van der Waals surface area contributed by atoms with Gasteiger partial charge in [-0.25, -0.2) is 4.79 Å². The van der Waals surface area contributed by atoms with Gasteiger partial charge in [-0.1, -0.05) is 39.0 Å². The van der Waals surface area contributed by atoms with Gasteiger partial charge in [0.2, 0.25) is 5.91 Å². The Balaban J connectivity index is 1.72. The lowest BCUT2D eigenvalue weighted by Crippen LogP contribution is -2.61. The standard InChI is InChI=1S/C27H42N2O6/c1-5-14-28-25(33)35-23-12-13-26(2)19(20(31)10-11-22(26)27(23,3)17-30)15-24(32)29-16-18-8-6-7-9-21(18)34-4/h6-9,19-20,22-23,30-31H,5,10-17H2,1-4H3,(H,28,33)(H,29,32)/t19-,20-,22+,23-,26+,27+/m1/s1. The summed E-state index contributed by atoms with van der Waals surface area (Å²) >= 11 is 0. The van der Waals surface area contributed by atoms with Crippen LogP contribution in [0.2, 0.25) is 0 Å². The van der Waals surface area contributed by atoms with Crippen molar-refractivity contribution >= 4 is 12.0 Å². The minimum Gasteiger partial charge on any atom is -0.496 e. The van der Waals surface area contributed by atoms with Gasteiger partial charge in [-0.15, -0.1) is 0 Å². The summed E-state index contributed by atoms with van der Waals surface area (Å²) < 4.78 is 11.2. The number of nitrogens with one attached hydrogen (secondary N) is 2. The Morgan fingerprint density at radius 2 is 1.89 bits per heavy atom. The Morgan fingerprint density at radius 3 is 2.57 bits per heavy atom. The summed E-state index contributed by atoms with van der Waals surface area (Å²) in [6.45, 7) is 6.85. The van der Waals surface area contributed by atoms with Gasteiger partial charge in [0.1, 0.15) is 11.9 Å². The second-order valence-electron chi connectivity index (χ2n) is 10.6. The lowest BCUT2D eigenvalue weighted by molar-refractivity contribution is -0.186. The van der Waals surface area contributed by atoms with Crippen molar-refractivity contribution in [1.29, 1.82) is 0 Å². The average molecular weight is 491 g/mol. The second-order valence-corrected chi connectivity index (χ2v) is 10.6. The number of methoxy groups -OCH3 is 1. The molecule has 4 N–H and O–H groups in total. The molecule has 1 aromatic carbocycles. The third-order valence-corrected chi connectivity index (χ3v) is 8.52. The SMILES string of the molecule is CCCNC(=O)O[C@@H]1CC[C@]2(C)[C@H](CC[C@@H](O)[C@H]2CC(=O)NCc2ccccc2OC)[C@]1(C)CO. The van der Waals surface area contributed by atoms with E-state index in [4.69, 9.17) is 9.47 Å². The number of aliphatic hydroxyl groups excluding tert-OH is 2. The number of carbonyl (C=O) groups is 2. The predicted octanol–water partition coefficient (Wildman–Crippen LogP) is 3.39. The van der Waals surface area contributed by atoms with Gasteiger partial charge in [0.15, 0.2) is 0 Å². The van der Waals surface area contributed by atoms with Crippen LogP contribution in [0.1, 0.15) is 64.9 Å². The van der Waals surface area contributed by atoms with Crippen molar-refractivity contribution in [3.8, 4) is 5.75 Å². The van der Waals surface area contributed by atoms with Crippen LogP contribution in [-0.2, 0) is 16.1 Å². The Labute approximate surface area is 208 Å². The average Bonchev–Trinajstić information content (AvgIpc) is 2.85. The summed E-state index contributed by atoms with van der Waals surface area (Å²) in [5.74, 6) is 0.357. The lowest BCUT2D eigenvalue weighted by atomic mass is 9.46. The first-order chi connectivity index (χ1) is 16.7. The van der Waals surface area contributed by atoms with E-state index >= 15 is 0 Å². The van der Waals surface area contributed by atoms with Crippen molar-refractivity contribution < 1.29 is 29.3 Å². The van der Waals surface area contributed by atoms with Gasteiger partial charge in [0, 0.05) is 30.5 Å². The minimum atomic E-state index is -0.650. The molecule has 2 aliphatic rings. The van der Waals surface area contributed by atoms with E-state index in [9.17, 15) is 19.8 Å². The fourth-order valence-electron chi connectivity index (χ4n) is 6.49. The summed E-state index contributed by atoms with van der Waals surface area (Å²) in [4.78, 5) is 25.3. The molecule has 0 spiro atoms. The first-order valence-electron chi connectivity index (χ1n) is 12.8. The van der Waals surface area contributed by atoms with Crippen LogP contribution in [0.3, 0.4) is 0 Å². The van der Waals surface area contributed by atoms with Gasteiger partial charge in [-0.2, -0.15) is 0 Å². The van der Waals surface area contributed by atoms with E-state index in [2.05, 4.69) is 17.6 Å². The number of benzene rings is 1. The van der Waals surface area contributed by atoms with Crippen molar-refractivity contribution in [3.63, 3.8) is 0 Å². The largest absolute Gasteiger partial charge is 0.496 e. The summed E-state index contributed by atoms with van der Waals surface area (Å²) in [6.07, 6.45) is 2.10. The predicted molar refractivity (Wildman–Crippen MR) is 133 cm³/mol. The Bertz CT molecular complexity index is 879. The minimum absolute atomic E-state index is 0.00754. The maximum absolute atomic E-state index is 13.0. The third-order valence-electron chi connectivity index (χ3n) is 8.52. The highest BCUT2D eigenvalue weighted by atomic mass is 16.6. The van der Waals surface area contributed by atoms with E-state index in [1.54, 1.807) is 7.11 Å². The molecule has 8 heteroatoms. The van der Waals surface area contributed by atoms with Crippen molar-refractivity contribution in [2.45, 2.75) is 78.0 Å². The maximum Gasteiger partial charge on any atom is 0.407 e. The van der Waals surface area contributed by atoms with Gasteiger partial charge >= 0.3 is 6.09 Å². The summed E-state index contributed by atoms with van der Waals surface area (Å²) in [7, 11) is 1.60. The van der Waals surface area contributed by atoms with E-state index in [-0.39, 0.29) is 36.2 Å². The van der Waals surface area contributed by atoms with Gasteiger partial charge < -0.3 is 30.3 Å². The molecule has 2 aliphatic carbocycles. The molecule has 3 rings (SSSR count). The quantitative estimate of drug-likeness (QED) is 0.422. The van der Waals surface area contributed by atoms with Crippen LogP contribution in [0, 0.1) is 22.7 Å². The van der Waals surface area contributed by atoms with Crippen LogP contribution in [0.4, 0.5) is 4.79 Å². The molecular weight excluding hydrogens is 448 g/mol. The summed E-state index contributed by atoms with van der Waals surface area (Å²) in [5, 5.41) is 27.2. The van der Waals surface area contributed by atoms with E-state index < -0.39 is 23.7 Å².